The Hall–Kier alpha value is -0.730. The molecule has 0 aromatic heterocycles. The Morgan fingerprint density at radius 1 is 1.33 bits per heavy atom. The van der Waals surface area contributed by atoms with Crippen molar-refractivity contribution in [3.8, 4) is 0 Å². The van der Waals surface area contributed by atoms with Crippen LogP contribution in [0.5, 0.6) is 0 Å². The van der Waals surface area contributed by atoms with E-state index >= 15 is 0 Å². The molecule has 1 fully saturated rings. The number of hydrogen-bond donors (Lipinski definition) is 0. The average Bonchev–Trinajstić information content (AvgIpc) is 2.49. The van der Waals surface area contributed by atoms with Crippen LogP contribution in [0.4, 0.5) is 4.79 Å². The molecule has 0 aliphatic heterocycles. The maximum absolute atomic E-state index is 9.86. The molecule has 0 unspecified atom stereocenters. The van der Waals surface area contributed by atoms with E-state index in [1.807, 2.05) is 0 Å². The first-order valence-electron chi connectivity index (χ1n) is 4.63. The lowest BCUT2D eigenvalue weighted by Crippen LogP contribution is -2.02. The lowest BCUT2D eigenvalue weighted by atomic mass is 10.0. The minimum atomic E-state index is -1.40. The van der Waals surface area contributed by atoms with Gasteiger partial charge in [0, 0.05) is 0 Å². The average molecular weight is 171 g/mol. The zero-order chi connectivity index (χ0) is 8.81. The molecular formula is C9H15O3. The molecule has 1 rings (SSSR count). The third-order valence-electron chi connectivity index (χ3n) is 2.45. The molecule has 0 N–H and O–H groups in total. The van der Waals surface area contributed by atoms with Gasteiger partial charge >= 0.3 is 6.16 Å². The van der Waals surface area contributed by atoms with Crippen LogP contribution in [0.2, 0.25) is 0 Å². The molecule has 1 aliphatic carbocycles. The molecule has 0 amide bonds. The summed E-state index contributed by atoms with van der Waals surface area (Å²) in [5, 5.41) is 9.86. The van der Waals surface area contributed by atoms with Crippen LogP contribution in [-0.4, -0.2) is 12.8 Å². The predicted molar refractivity (Wildman–Crippen MR) is 43.2 cm³/mol. The number of carbonyl (C=O) groups excluding carboxylic acids is 1. The van der Waals surface area contributed by atoms with Crippen molar-refractivity contribution in [3.63, 3.8) is 0 Å². The third-order valence-corrected chi connectivity index (χ3v) is 2.45. The van der Waals surface area contributed by atoms with Gasteiger partial charge in [-0.1, -0.05) is 25.7 Å². The van der Waals surface area contributed by atoms with Gasteiger partial charge in [-0.3, -0.25) is 0 Å². The summed E-state index contributed by atoms with van der Waals surface area (Å²) in [5.74, 6) is 0.815. The van der Waals surface area contributed by atoms with E-state index in [1.54, 1.807) is 0 Å². The Morgan fingerprint density at radius 2 is 2.00 bits per heavy atom. The van der Waals surface area contributed by atoms with Crippen molar-refractivity contribution in [1.29, 1.82) is 0 Å². The highest BCUT2D eigenvalue weighted by Gasteiger charge is 2.14. The molecule has 0 spiro atoms. The van der Waals surface area contributed by atoms with Crippen molar-refractivity contribution in [1.82, 2.24) is 0 Å². The summed E-state index contributed by atoms with van der Waals surface area (Å²) in [7, 11) is 0. The van der Waals surface area contributed by atoms with Gasteiger partial charge in [0.05, 0.1) is 6.61 Å². The smallest absolute Gasteiger partial charge is 0.432 e. The summed E-state index contributed by atoms with van der Waals surface area (Å²) in [6, 6.07) is 0. The van der Waals surface area contributed by atoms with E-state index in [-0.39, 0.29) is 0 Å². The lowest BCUT2D eigenvalue weighted by molar-refractivity contribution is 0.0656. The first kappa shape index (κ1) is 9.36. The maximum atomic E-state index is 9.86. The van der Waals surface area contributed by atoms with Crippen molar-refractivity contribution in [2.24, 2.45) is 5.92 Å². The third kappa shape index (κ3) is 3.60. The summed E-state index contributed by atoms with van der Waals surface area (Å²) in [5.41, 5.74) is 0. The number of carbonyl (C=O) groups is 1. The van der Waals surface area contributed by atoms with Crippen LogP contribution in [0.3, 0.4) is 0 Å². The monoisotopic (exact) mass is 171 g/mol. The van der Waals surface area contributed by atoms with Crippen molar-refractivity contribution >= 4 is 6.16 Å². The van der Waals surface area contributed by atoms with Crippen LogP contribution in [-0.2, 0) is 9.84 Å². The second-order valence-electron chi connectivity index (χ2n) is 3.39. The quantitative estimate of drug-likeness (QED) is 0.482. The zero-order valence-corrected chi connectivity index (χ0v) is 7.25. The van der Waals surface area contributed by atoms with E-state index < -0.39 is 6.16 Å². The Morgan fingerprint density at radius 3 is 2.58 bits per heavy atom. The predicted octanol–water partition coefficient (Wildman–Crippen LogP) is 2.52. The van der Waals surface area contributed by atoms with Crippen LogP contribution in [0.15, 0.2) is 0 Å². The molecule has 3 heteroatoms. The lowest BCUT2D eigenvalue weighted by Gasteiger charge is -2.06. The highest BCUT2D eigenvalue weighted by molar-refractivity contribution is 5.56. The molecule has 12 heavy (non-hydrogen) atoms. The fourth-order valence-corrected chi connectivity index (χ4v) is 1.83. The number of ether oxygens (including phenoxy) is 1. The molecule has 3 nitrogen and oxygen atoms in total. The Kier molecular flexibility index (Phi) is 3.91. The molecule has 0 saturated heterocycles. The van der Waals surface area contributed by atoms with Crippen molar-refractivity contribution in [2.75, 3.05) is 6.61 Å². The maximum Gasteiger partial charge on any atom is 0.549 e. The zero-order valence-electron chi connectivity index (χ0n) is 7.25. The van der Waals surface area contributed by atoms with Crippen molar-refractivity contribution in [2.45, 2.75) is 38.5 Å². The Balaban J connectivity index is 1.91. The van der Waals surface area contributed by atoms with Gasteiger partial charge in [0.1, 0.15) is 0 Å². The summed E-state index contributed by atoms with van der Waals surface area (Å²) in [6.07, 6.45) is 5.85. The number of hydrogen-bond acceptors (Lipinski definition) is 2. The molecule has 1 saturated carbocycles. The molecule has 0 aromatic carbocycles. The molecule has 0 atom stereocenters. The fourth-order valence-electron chi connectivity index (χ4n) is 1.83. The standard InChI is InChI=1S/C9H15O3/c10-9(11)12-7-3-6-8-4-1-2-5-8/h8H,1-7H2. The minimum Gasteiger partial charge on any atom is -0.432 e. The normalized spacial score (nSPS) is 18.0. The Bertz CT molecular complexity index is 139. The van der Waals surface area contributed by atoms with Crippen molar-refractivity contribution < 1.29 is 14.6 Å². The fraction of sp³-hybridized carbons (Fsp3) is 0.889. The highest BCUT2D eigenvalue weighted by Crippen LogP contribution is 2.28. The van der Waals surface area contributed by atoms with E-state index in [0.717, 1.165) is 18.8 Å². The van der Waals surface area contributed by atoms with E-state index in [0.29, 0.717) is 6.61 Å². The van der Waals surface area contributed by atoms with E-state index in [9.17, 15) is 9.90 Å². The van der Waals surface area contributed by atoms with Gasteiger partial charge in [0.15, 0.2) is 0 Å². The second kappa shape index (κ2) is 5.01. The summed E-state index contributed by atoms with van der Waals surface area (Å²) in [6.45, 7) is 0.304. The van der Waals surface area contributed by atoms with Gasteiger partial charge in [-0.15, -0.1) is 0 Å². The van der Waals surface area contributed by atoms with Gasteiger partial charge in [0.25, 0.3) is 0 Å². The van der Waals surface area contributed by atoms with Gasteiger partial charge in [-0.05, 0) is 18.8 Å². The van der Waals surface area contributed by atoms with Crippen LogP contribution in [0.25, 0.3) is 0 Å². The molecular weight excluding hydrogens is 156 g/mol. The van der Waals surface area contributed by atoms with Gasteiger partial charge in [0.2, 0.25) is 0 Å². The van der Waals surface area contributed by atoms with Crippen molar-refractivity contribution in [3.05, 3.63) is 0 Å². The SMILES string of the molecule is [O]C(=O)OCCCC1CCCC1. The van der Waals surface area contributed by atoms with Crippen LogP contribution < -0.4 is 0 Å². The molecule has 1 aliphatic rings. The molecule has 69 valence electrons. The Labute approximate surface area is 72.7 Å². The van der Waals surface area contributed by atoms with Crippen LogP contribution in [0.1, 0.15) is 38.5 Å². The van der Waals surface area contributed by atoms with Crippen LogP contribution >= 0.6 is 0 Å². The molecule has 0 heterocycles. The van der Waals surface area contributed by atoms with Gasteiger partial charge < -0.3 is 4.74 Å². The molecule has 1 radical (unpaired) electrons. The topological polar surface area (TPSA) is 46.2 Å². The first-order chi connectivity index (χ1) is 5.79. The molecule has 0 bridgehead atoms. The second-order valence-corrected chi connectivity index (χ2v) is 3.39. The highest BCUT2D eigenvalue weighted by atomic mass is 16.7. The van der Waals surface area contributed by atoms with Gasteiger partial charge in [-0.25, -0.2) is 0 Å². The largest absolute Gasteiger partial charge is 0.549 e. The summed E-state index contributed by atoms with van der Waals surface area (Å²) < 4.78 is 4.31. The minimum absolute atomic E-state index is 0.304. The number of rotatable bonds is 4. The van der Waals surface area contributed by atoms with E-state index in [4.69, 9.17) is 0 Å². The summed E-state index contributed by atoms with van der Waals surface area (Å²) in [4.78, 5) is 9.86. The first-order valence-corrected chi connectivity index (χ1v) is 4.63. The van der Waals surface area contributed by atoms with E-state index in [1.165, 1.54) is 25.7 Å². The molecule has 0 aromatic rings. The summed E-state index contributed by atoms with van der Waals surface area (Å²) >= 11 is 0. The van der Waals surface area contributed by atoms with E-state index in [2.05, 4.69) is 4.74 Å². The van der Waals surface area contributed by atoms with Gasteiger partial charge in [-0.2, -0.15) is 9.90 Å². The van der Waals surface area contributed by atoms with Crippen LogP contribution in [0, 0.1) is 5.92 Å².